The van der Waals surface area contributed by atoms with Crippen molar-refractivity contribution in [3.63, 3.8) is 0 Å². The van der Waals surface area contributed by atoms with Gasteiger partial charge in [0.25, 0.3) is 11.6 Å². The van der Waals surface area contributed by atoms with E-state index in [9.17, 15) is 19.7 Å². The lowest BCUT2D eigenvalue weighted by Gasteiger charge is -2.13. The molecular weight excluding hydrogens is 384 g/mol. The van der Waals surface area contributed by atoms with Crippen LogP contribution in [0.15, 0.2) is 47.6 Å². The quantitative estimate of drug-likeness (QED) is 0.380. The van der Waals surface area contributed by atoms with E-state index in [0.717, 1.165) is 18.4 Å². The highest BCUT2D eigenvalue weighted by atomic mass is 16.6. The van der Waals surface area contributed by atoms with Crippen molar-refractivity contribution in [3.8, 4) is 0 Å². The van der Waals surface area contributed by atoms with Gasteiger partial charge in [0.05, 0.1) is 10.6 Å². The first-order valence-electron chi connectivity index (χ1n) is 9.77. The zero-order valence-electron chi connectivity index (χ0n) is 17.6. The molecule has 0 aliphatic heterocycles. The highest BCUT2D eigenvalue weighted by Crippen LogP contribution is 2.19. The molecule has 8 heteroatoms. The fourth-order valence-corrected chi connectivity index (χ4v) is 2.94. The Morgan fingerprint density at radius 2 is 1.80 bits per heavy atom. The van der Waals surface area contributed by atoms with E-state index < -0.39 is 10.8 Å². The average Bonchev–Trinajstić information content (AvgIpc) is 2.73. The molecule has 0 unspecified atom stereocenters. The molecule has 158 valence electrons. The molecule has 0 aliphatic rings. The number of rotatable bonds is 8. The van der Waals surface area contributed by atoms with Gasteiger partial charge in [-0.1, -0.05) is 32.0 Å². The molecule has 8 nitrogen and oxygen atoms in total. The Labute approximate surface area is 175 Å². The van der Waals surface area contributed by atoms with Gasteiger partial charge < -0.3 is 5.32 Å². The highest BCUT2D eigenvalue weighted by molar-refractivity contribution is 6.02. The second-order valence-corrected chi connectivity index (χ2v) is 6.98. The van der Waals surface area contributed by atoms with Gasteiger partial charge in [-0.05, 0) is 50.5 Å². The maximum Gasteiger partial charge on any atom is 0.273 e. The minimum atomic E-state index is -0.546. The number of nitrogens with one attached hydrogen (secondary N) is 2. The molecular formula is C22H26N4O4. The largest absolute Gasteiger partial charge is 0.326 e. The van der Waals surface area contributed by atoms with Crippen LogP contribution in [0.2, 0.25) is 0 Å². The van der Waals surface area contributed by atoms with E-state index in [4.69, 9.17) is 0 Å². The van der Waals surface area contributed by atoms with Gasteiger partial charge >= 0.3 is 0 Å². The van der Waals surface area contributed by atoms with Gasteiger partial charge in [-0.3, -0.25) is 19.7 Å². The molecule has 0 fully saturated rings. The number of amides is 2. The molecule has 0 radical (unpaired) electrons. The maximum absolute atomic E-state index is 12.3. The number of hydrogen-bond acceptors (Lipinski definition) is 5. The Kier molecular flexibility index (Phi) is 7.80. The molecule has 0 aliphatic carbocycles. The Hall–Kier alpha value is -3.55. The van der Waals surface area contributed by atoms with Crippen molar-refractivity contribution in [1.82, 2.24) is 5.43 Å². The van der Waals surface area contributed by atoms with Crippen LogP contribution in [0.5, 0.6) is 0 Å². The first-order valence-corrected chi connectivity index (χ1v) is 9.77. The molecule has 0 atom stereocenters. The molecule has 0 heterocycles. The maximum atomic E-state index is 12.3. The summed E-state index contributed by atoms with van der Waals surface area (Å²) >= 11 is 0. The first-order chi connectivity index (χ1) is 14.3. The minimum absolute atomic E-state index is 0.0268. The molecule has 2 rings (SSSR count). The summed E-state index contributed by atoms with van der Waals surface area (Å²) in [5.41, 5.74) is 4.83. The number of carbonyl (C=O) groups is 2. The number of hydrogen-bond donors (Lipinski definition) is 2. The third kappa shape index (κ3) is 5.73. The van der Waals surface area contributed by atoms with Gasteiger partial charge in [0.15, 0.2) is 0 Å². The lowest BCUT2D eigenvalue weighted by atomic mass is 10.0. The Morgan fingerprint density at radius 3 is 2.43 bits per heavy atom. The number of nitrogens with zero attached hydrogens (tertiary/aromatic N) is 2. The molecule has 2 amide bonds. The van der Waals surface area contributed by atoms with Gasteiger partial charge in [0.2, 0.25) is 5.91 Å². The second-order valence-electron chi connectivity index (χ2n) is 6.98. The number of nitro groups is 1. The van der Waals surface area contributed by atoms with Crippen molar-refractivity contribution in [2.45, 2.75) is 40.5 Å². The van der Waals surface area contributed by atoms with Gasteiger partial charge in [0, 0.05) is 28.8 Å². The van der Waals surface area contributed by atoms with Crippen LogP contribution < -0.4 is 10.7 Å². The molecule has 30 heavy (non-hydrogen) atoms. The summed E-state index contributed by atoms with van der Waals surface area (Å²) in [7, 11) is 0. The lowest BCUT2D eigenvalue weighted by Crippen LogP contribution is -2.22. The smallest absolute Gasteiger partial charge is 0.273 e. The van der Waals surface area contributed by atoms with Crippen LogP contribution >= 0.6 is 0 Å². The predicted molar refractivity (Wildman–Crippen MR) is 117 cm³/mol. The number of nitro benzene ring substituents is 1. The monoisotopic (exact) mass is 410 g/mol. The van der Waals surface area contributed by atoms with Gasteiger partial charge in [-0.2, -0.15) is 5.10 Å². The number of anilines is 1. The highest BCUT2D eigenvalue weighted by Gasteiger charge is 2.16. The van der Waals surface area contributed by atoms with Crippen molar-refractivity contribution in [1.29, 1.82) is 0 Å². The van der Waals surface area contributed by atoms with E-state index in [-0.39, 0.29) is 23.1 Å². The van der Waals surface area contributed by atoms with E-state index in [2.05, 4.69) is 15.8 Å². The van der Waals surface area contributed by atoms with E-state index in [1.54, 1.807) is 32.0 Å². The Morgan fingerprint density at radius 1 is 1.10 bits per heavy atom. The molecule has 0 saturated heterocycles. The first kappa shape index (κ1) is 22.7. The minimum Gasteiger partial charge on any atom is -0.326 e. The third-order valence-corrected chi connectivity index (χ3v) is 4.90. The average molecular weight is 410 g/mol. The van der Waals surface area contributed by atoms with Crippen LogP contribution in [0, 0.1) is 23.0 Å². The SMILES string of the molecule is CCC(CC)C(=O)Nc1cccc(C(C)=NNC(=O)c2ccc(C)c([N+](=O)[O-])c2)c1. The van der Waals surface area contributed by atoms with Gasteiger partial charge in [-0.25, -0.2) is 5.43 Å². The van der Waals surface area contributed by atoms with Crippen molar-refractivity contribution < 1.29 is 14.5 Å². The summed E-state index contributed by atoms with van der Waals surface area (Å²) in [6, 6.07) is 11.4. The molecule has 2 aromatic rings. The number of aryl methyl sites for hydroxylation is 1. The molecule has 0 saturated carbocycles. The van der Waals surface area contributed by atoms with Crippen LogP contribution in [-0.4, -0.2) is 22.4 Å². The van der Waals surface area contributed by atoms with Crippen LogP contribution in [0.4, 0.5) is 11.4 Å². The summed E-state index contributed by atoms with van der Waals surface area (Å²) in [5, 5.41) is 18.0. The van der Waals surface area contributed by atoms with Crippen LogP contribution in [0.1, 0.15) is 55.1 Å². The summed E-state index contributed by atoms with van der Waals surface area (Å²) in [5.74, 6) is -0.613. The van der Waals surface area contributed by atoms with E-state index in [1.165, 1.54) is 18.2 Å². The summed E-state index contributed by atoms with van der Waals surface area (Å²) in [4.78, 5) is 35.1. The lowest BCUT2D eigenvalue weighted by molar-refractivity contribution is -0.385. The third-order valence-electron chi connectivity index (χ3n) is 4.90. The molecule has 2 aromatic carbocycles. The molecule has 0 aromatic heterocycles. The Balaban J connectivity index is 2.12. The predicted octanol–water partition coefficient (Wildman–Crippen LogP) is 4.43. The van der Waals surface area contributed by atoms with Crippen molar-refractivity contribution in [2.24, 2.45) is 11.0 Å². The van der Waals surface area contributed by atoms with E-state index in [0.29, 0.717) is 17.0 Å². The molecule has 0 bridgehead atoms. The number of benzene rings is 2. The number of hydrazone groups is 1. The fourth-order valence-electron chi connectivity index (χ4n) is 2.94. The number of carbonyl (C=O) groups excluding carboxylic acids is 2. The van der Waals surface area contributed by atoms with Gasteiger partial charge in [-0.15, -0.1) is 0 Å². The van der Waals surface area contributed by atoms with Crippen molar-refractivity contribution in [3.05, 3.63) is 69.3 Å². The zero-order chi connectivity index (χ0) is 22.3. The van der Waals surface area contributed by atoms with Crippen LogP contribution in [0.25, 0.3) is 0 Å². The molecule has 0 spiro atoms. The van der Waals surface area contributed by atoms with Gasteiger partial charge in [0.1, 0.15) is 0 Å². The zero-order valence-corrected chi connectivity index (χ0v) is 17.6. The Bertz CT molecular complexity index is 981. The van der Waals surface area contributed by atoms with Crippen LogP contribution in [-0.2, 0) is 4.79 Å². The summed E-state index contributed by atoms with van der Waals surface area (Å²) in [6.07, 6.45) is 1.54. The topological polar surface area (TPSA) is 114 Å². The van der Waals surface area contributed by atoms with E-state index >= 15 is 0 Å². The standard InChI is InChI=1S/C22H26N4O4/c1-5-16(6-2)21(27)23-19-9-7-8-17(12-19)15(4)24-25-22(28)18-11-10-14(3)20(13-18)26(29)30/h7-13,16H,5-6H2,1-4H3,(H,23,27)(H,25,28). The summed E-state index contributed by atoms with van der Waals surface area (Å²) in [6.45, 7) is 7.29. The van der Waals surface area contributed by atoms with Crippen LogP contribution in [0.3, 0.4) is 0 Å². The van der Waals surface area contributed by atoms with E-state index in [1.807, 2.05) is 19.9 Å². The van der Waals surface area contributed by atoms with Crippen molar-refractivity contribution >= 4 is 28.9 Å². The summed E-state index contributed by atoms with van der Waals surface area (Å²) < 4.78 is 0. The normalized spacial score (nSPS) is 11.3. The second kappa shape index (κ2) is 10.3. The fraction of sp³-hybridized carbons (Fsp3) is 0.318. The molecule has 2 N–H and O–H groups in total. The van der Waals surface area contributed by atoms with Crippen molar-refractivity contribution in [2.75, 3.05) is 5.32 Å².